The van der Waals surface area contributed by atoms with Gasteiger partial charge in [-0.2, -0.15) is 11.3 Å². The van der Waals surface area contributed by atoms with Gasteiger partial charge in [-0.1, -0.05) is 12.1 Å². The maximum absolute atomic E-state index is 12.1. The molecule has 4 rings (SSSR count). The topological polar surface area (TPSA) is 72.2 Å². The molecular formula is C20H16N2O3S2. The molecule has 0 aliphatic carbocycles. The first-order valence-electron chi connectivity index (χ1n) is 8.40. The molecule has 0 saturated carbocycles. The lowest BCUT2D eigenvalue weighted by atomic mass is 10.1. The maximum Gasteiger partial charge on any atom is 0.347 e. The molecule has 1 aromatic carbocycles. The van der Waals surface area contributed by atoms with E-state index >= 15 is 0 Å². The van der Waals surface area contributed by atoms with Gasteiger partial charge in [-0.05, 0) is 53.4 Å². The summed E-state index contributed by atoms with van der Waals surface area (Å²) in [5.41, 5.74) is 3.07. The van der Waals surface area contributed by atoms with Crippen molar-refractivity contribution in [3.63, 3.8) is 0 Å². The average Bonchev–Trinajstić information content (AvgIpc) is 3.32. The monoisotopic (exact) mass is 396 g/mol. The van der Waals surface area contributed by atoms with E-state index in [4.69, 9.17) is 4.42 Å². The molecule has 0 saturated heterocycles. The van der Waals surface area contributed by atoms with Crippen LogP contribution in [0.1, 0.15) is 27.4 Å². The summed E-state index contributed by atoms with van der Waals surface area (Å²) in [5, 5.41) is 9.06. The van der Waals surface area contributed by atoms with E-state index < -0.39 is 0 Å². The normalized spacial score (nSPS) is 11.0. The van der Waals surface area contributed by atoms with Crippen LogP contribution in [0.15, 0.2) is 55.7 Å². The number of hydrogen-bond acceptors (Lipinski definition) is 6. The molecule has 27 heavy (non-hydrogen) atoms. The van der Waals surface area contributed by atoms with Crippen molar-refractivity contribution in [1.29, 1.82) is 0 Å². The Balaban J connectivity index is 1.41. The predicted octanol–water partition coefficient (Wildman–Crippen LogP) is 4.66. The fourth-order valence-corrected chi connectivity index (χ4v) is 4.32. The Bertz CT molecular complexity index is 1140. The highest BCUT2D eigenvalue weighted by Gasteiger charge is 2.11. The fraction of sp³-hybridized carbons (Fsp3) is 0.150. The van der Waals surface area contributed by atoms with Gasteiger partial charge < -0.3 is 9.73 Å². The van der Waals surface area contributed by atoms with Crippen LogP contribution in [-0.4, -0.2) is 10.9 Å². The molecule has 0 aliphatic heterocycles. The lowest BCUT2D eigenvalue weighted by Gasteiger charge is -2.06. The summed E-state index contributed by atoms with van der Waals surface area (Å²) >= 11 is 2.95. The number of carbonyl (C=O) groups is 1. The third-order valence-corrected chi connectivity index (χ3v) is 5.89. The molecule has 0 fully saturated rings. The summed E-state index contributed by atoms with van der Waals surface area (Å²) in [6.07, 6.45) is 1.24. The molecule has 5 nitrogen and oxygen atoms in total. The first-order valence-corrected chi connectivity index (χ1v) is 10.2. The molecule has 0 spiro atoms. The van der Waals surface area contributed by atoms with Crippen molar-refractivity contribution in [2.45, 2.75) is 19.8 Å². The van der Waals surface area contributed by atoms with Gasteiger partial charge in [0.1, 0.15) is 4.83 Å². The second-order valence-corrected chi connectivity index (χ2v) is 7.80. The van der Waals surface area contributed by atoms with Gasteiger partial charge in [-0.15, -0.1) is 11.3 Å². The number of amides is 1. The smallest absolute Gasteiger partial charge is 0.347 e. The molecule has 1 N–H and O–H groups in total. The van der Waals surface area contributed by atoms with Crippen LogP contribution in [0.4, 0.5) is 5.69 Å². The molecule has 3 aromatic heterocycles. The lowest BCUT2D eigenvalue weighted by molar-refractivity contribution is 0.102. The van der Waals surface area contributed by atoms with Crippen LogP contribution < -0.4 is 10.9 Å². The van der Waals surface area contributed by atoms with Gasteiger partial charge in [0.15, 0.2) is 5.89 Å². The Labute approximate surface area is 163 Å². The number of benzene rings is 1. The Hall–Kier alpha value is -2.77. The lowest BCUT2D eigenvalue weighted by Crippen LogP contribution is -2.10. The van der Waals surface area contributed by atoms with Crippen LogP contribution in [-0.2, 0) is 12.8 Å². The zero-order valence-electron chi connectivity index (χ0n) is 14.5. The molecule has 0 radical (unpaired) electrons. The minimum absolute atomic E-state index is 0.116. The Kier molecular flexibility index (Phi) is 4.87. The molecule has 0 aliphatic rings. The van der Waals surface area contributed by atoms with Crippen LogP contribution in [0.2, 0.25) is 0 Å². The molecular weight excluding hydrogens is 380 g/mol. The van der Waals surface area contributed by atoms with Crippen molar-refractivity contribution >= 4 is 44.5 Å². The van der Waals surface area contributed by atoms with Crippen LogP contribution in [0, 0.1) is 6.92 Å². The van der Waals surface area contributed by atoms with Gasteiger partial charge in [0.25, 0.3) is 5.91 Å². The van der Waals surface area contributed by atoms with E-state index in [9.17, 15) is 9.59 Å². The summed E-state index contributed by atoms with van der Waals surface area (Å²) < 4.78 is 5.35. The van der Waals surface area contributed by atoms with E-state index in [1.807, 2.05) is 47.3 Å². The quantitative estimate of drug-likeness (QED) is 0.533. The average molecular weight is 396 g/mol. The first kappa shape index (κ1) is 17.6. The number of aryl methyl sites for hydroxylation is 3. The number of carbonyl (C=O) groups excluding carboxylic acids is 1. The summed E-state index contributed by atoms with van der Waals surface area (Å²) in [4.78, 5) is 29.3. The van der Waals surface area contributed by atoms with Gasteiger partial charge in [0.2, 0.25) is 0 Å². The SMILES string of the molecule is Cc1csc2nc(CCc3ccc(NC(=O)c4ccsc4)cc3)oc(=O)c12. The molecule has 0 unspecified atom stereocenters. The Morgan fingerprint density at radius 1 is 1.15 bits per heavy atom. The van der Waals surface area contributed by atoms with Crippen molar-refractivity contribution in [3.8, 4) is 0 Å². The van der Waals surface area contributed by atoms with Gasteiger partial charge in [0, 0.05) is 17.5 Å². The number of rotatable bonds is 5. The van der Waals surface area contributed by atoms with Gasteiger partial charge >= 0.3 is 5.63 Å². The number of nitrogens with zero attached hydrogens (tertiary/aromatic N) is 1. The van der Waals surface area contributed by atoms with Crippen LogP contribution in [0.5, 0.6) is 0 Å². The molecule has 3 heterocycles. The molecule has 136 valence electrons. The highest BCUT2D eigenvalue weighted by atomic mass is 32.1. The Morgan fingerprint density at radius 3 is 2.70 bits per heavy atom. The van der Waals surface area contributed by atoms with Crippen molar-refractivity contribution in [2.75, 3.05) is 5.32 Å². The van der Waals surface area contributed by atoms with E-state index in [1.54, 1.807) is 6.07 Å². The number of anilines is 1. The van der Waals surface area contributed by atoms with E-state index in [0.29, 0.717) is 29.7 Å². The van der Waals surface area contributed by atoms with Crippen molar-refractivity contribution in [3.05, 3.63) is 79.5 Å². The summed E-state index contributed by atoms with van der Waals surface area (Å²) in [6, 6.07) is 9.44. The van der Waals surface area contributed by atoms with E-state index in [1.165, 1.54) is 22.7 Å². The first-order chi connectivity index (χ1) is 13.1. The van der Waals surface area contributed by atoms with Crippen molar-refractivity contribution in [1.82, 2.24) is 4.98 Å². The number of nitrogens with one attached hydrogen (secondary N) is 1. The molecule has 0 bridgehead atoms. The fourth-order valence-electron chi connectivity index (χ4n) is 2.77. The standard InChI is InChI=1S/C20H16N2O3S2/c1-12-10-27-19-17(12)20(24)25-16(22-19)7-4-13-2-5-15(6-3-13)21-18(23)14-8-9-26-11-14/h2-3,5-6,8-11H,4,7H2,1H3,(H,21,23). The van der Waals surface area contributed by atoms with E-state index in [2.05, 4.69) is 10.3 Å². The van der Waals surface area contributed by atoms with Crippen LogP contribution in [0.25, 0.3) is 10.2 Å². The van der Waals surface area contributed by atoms with E-state index in [-0.39, 0.29) is 11.5 Å². The summed E-state index contributed by atoms with van der Waals surface area (Å²) in [6.45, 7) is 1.88. The highest BCUT2D eigenvalue weighted by Crippen LogP contribution is 2.21. The largest absolute Gasteiger partial charge is 0.408 e. The predicted molar refractivity (Wildman–Crippen MR) is 109 cm³/mol. The van der Waals surface area contributed by atoms with Crippen LogP contribution >= 0.6 is 22.7 Å². The van der Waals surface area contributed by atoms with Crippen LogP contribution in [0.3, 0.4) is 0 Å². The molecule has 0 atom stereocenters. The zero-order chi connectivity index (χ0) is 18.8. The number of hydrogen-bond donors (Lipinski definition) is 1. The minimum atomic E-state index is -0.319. The second-order valence-electron chi connectivity index (χ2n) is 6.16. The number of fused-ring (bicyclic) bond motifs is 1. The maximum atomic E-state index is 12.1. The molecule has 7 heteroatoms. The minimum Gasteiger partial charge on any atom is -0.408 e. The third-order valence-electron chi connectivity index (χ3n) is 4.22. The second kappa shape index (κ2) is 7.46. The van der Waals surface area contributed by atoms with Gasteiger partial charge in [-0.25, -0.2) is 9.78 Å². The zero-order valence-corrected chi connectivity index (χ0v) is 16.2. The molecule has 1 amide bonds. The summed E-state index contributed by atoms with van der Waals surface area (Å²) in [5.74, 6) is 0.332. The third kappa shape index (κ3) is 3.84. The van der Waals surface area contributed by atoms with Crippen molar-refractivity contribution < 1.29 is 9.21 Å². The van der Waals surface area contributed by atoms with Gasteiger partial charge in [-0.3, -0.25) is 4.79 Å². The van der Waals surface area contributed by atoms with E-state index in [0.717, 1.165) is 21.6 Å². The highest BCUT2D eigenvalue weighted by molar-refractivity contribution is 7.16. The van der Waals surface area contributed by atoms with Crippen molar-refractivity contribution in [2.24, 2.45) is 0 Å². The Morgan fingerprint density at radius 2 is 1.96 bits per heavy atom. The number of thiophene rings is 2. The number of aromatic nitrogens is 1. The van der Waals surface area contributed by atoms with Gasteiger partial charge in [0.05, 0.1) is 10.9 Å². The molecule has 4 aromatic rings. The summed E-state index contributed by atoms with van der Waals surface area (Å²) in [7, 11) is 0.